The van der Waals surface area contributed by atoms with Gasteiger partial charge in [-0.15, -0.1) is 0 Å². The number of morpholine rings is 2. The van der Waals surface area contributed by atoms with E-state index < -0.39 is 201 Å². The molecule has 2 aromatic heterocycles. The van der Waals surface area contributed by atoms with Gasteiger partial charge in [-0.3, -0.25) is 86.5 Å². The van der Waals surface area contributed by atoms with Gasteiger partial charge in [0.05, 0.1) is 142 Å². The number of furan rings is 2. The molecule has 0 bridgehead atoms. The maximum absolute atomic E-state index is 11.6. The maximum atomic E-state index is 11.6. The molecule has 12 heterocycles. The zero-order chi connectivity index (χ0) is 71.8. The third-order valence-electron chi connectivity index (χ3n) is 17.6. The summed E-state index contributed by atoms with van der Waals surface area (Å²) >= 11 is 0. The average Bonchev–Trinajstić information content (AvgIpc) is 1.55. The van der Waals surface area contributed by atoms with Crippen LogP contribution in [0.2, 0.25) is 0 Å². The van der Waals surface area contributed by atoms with Gasteiger partial charge in [-0.25, -0.2) is 38.4 Å². The summed E-state index contributed by atoms with van der Waals surface area (Å²) < 4.78 is 52.7. The lowest BCUT2D eigenvalue weighted by Crippen LogP contribution is -2.50. The number of benzene rings is 3. The van der Waals surface area contributed by atoms with Gasteiger partial charge in [0.2, 0.25) is 0 Å². The standard InChI is InChI=1S/C16H6O6.C10H12N2O6.C10H8O6.C10H2O6.C8H4O6.C8H6O6/c17-13-9-3-1-7(5-11(9)15(19)21-13)8-2-4-10-12(6-8)16(20)22-14(10)18;13-7-3-11(4-8(14)17-7)1-2-12-5-9(15)18-10(16)6-12;2*11-7-3-1-4-6(10(14)16-8(4)12)2-5(3)9(13)15-7;9-5-1-2(6(10)13-5)4-3(1)7(11)14-8(4)12;9-5-1-3(7(11)13-5)4-2-6(10)14-8(4)12/h1-6H;1-6H2;3-6H,1-2H2;1-2H;1-4H;3-4H,1-2H2. The molecule has 12 aliphatic rings. The smallest absolute Gasteiger partial charge is 0.346 e. The molecule has 38 nitrogen and oxygen atoms in total. The third kappa shape index (κ3) is 12.7. The Bertz CT molecular complexity index is 4410. The topological polar surface area (TPSA) is 535 Å². The lowest BCUT2D eigenvalue weighted by atomic mass is 9.59. The number of esters is 20. The highest BCUT2D eigenvalue weighted by atomic mass is 16.6. The van der Waals surface area contributed by atoms with Crippen LogP contribution in [0, 0.1) is 59.2 Å². The fourth-order valence-corrected chi connectivity index (χ4v) is 12.8. The summed E-state index contributed by atoms with van der Waals surface area (Å²) in [5.41, 5.74) is -1.26. The number of fused-ring (bicyclic) bond motifs is 10. The van der Waals surface area contributed by atoms with Crippen molar-refractivity contribution in [1.82, 2.24) is 9.80 Å². The zero-order valence-electron chi connectivity index (χ0n) is 50.1. The molecule has 10 fully saturated rings. The highest BCUT2D eigenvalue weighted by Gasteiger charge is 2.73. The van der Waals surface area contributed by atoms with E-state index in [1.807, 2.05) is 0 Å². The molecule has 512 valence electrons. The molecular formula is C62H38N2O36. The summed E-state index contributed by atoms with van der Waals surface area (Å²) in [6.45, 7) is 0.967. The second kappa shape index (κ2) is 26.0. The molecule has 10 aliphatic heterocycles. The summed E-state index contributed by atoms with van der Waals surface area (Å²) in [5, 5.41) is -0.0726. The molecule has 38 heteroatoms. The van der Waals surface area contributed by atoms with E-state index in [0.717, 1.165) is 12.1 Å². The number of nitrogens with zero attached hydrogens (tertiary/aromatic N) is 2. The summed E-state index contributed by atoms with van der Waals surface area (Å²) in [6, 6.07) is 11.6. The number of ether oxygens (including phenoxy) is 10. The van der Waals surface area contributed by atoms with Crippen molar-refractivity contribution in [1.29, 1.82) is 0 Å². The van der Waals surface area contributed by atoms with Gasteiger partial charge >= 0.3 is 142 Å². The van der Waals surface area contributed by atoms with E-state index in [2.05, 4.69) is 56.2 Å². The van der Waals surface area contributed by atoms with E-state index in [9.17, 15) is 115 Å². The van der Waals surface area contributed by atoms with Gasteiger partial charge in [0, 0.05) is 13.1 Å². The molecule has 100 heavy (non-hydrogen) atoms. The monoisotopic (exact) mass is 1390 g/mol. The largest absolute Gasteiger partial charge is 0.393 e. The molecule has 6 atom stereocenters. The van der Waals surface area contributed by atoms with Gasteiger partial charge in [-0.1, -0.05) is 12.1 Å². The minimum atomic E-state index is -0.846. The van der Waals surface area contributed by atoms with Crippen LogP contribution in [0.4, 0.5) is 0 Å². The number of carbonyl (C=O) groups is 20. The minimum absolute atomic E-state index is 0.0181. The van der Waals surface area contributed by atoms with Crippen molar-refractivity contribution in [3.63, 3.8) is 0 Å². The van der Waals surface area contributed by atoms with Crippen LogP contribution in [0.15, 0.2) is 76.5 Å². The van der Waals surface area contributed by atoms with E-state index in [1.54, 1.807) is 21.9 Å². The van der Waals surface area contributed by atoms with Gasteiger partial charge in [-0.05, 0) is 60.4 Å². The Morgan fingerprint density at radius 1 is 0.270 bits per heavy atom. The number of rotatable bonds is 5. The molecule has 8 saturated heterocycles. The van der Waals surface area contributed by atoms with Crippen LogP contribution in [0.1, 0.15) is 67.1 Å². The lowest BCUT2D eigenvalue weighted by Gasteiger charge is -2.33. The summed E-state index contributed by atoms with van der Waals surface area (Å²) in [4.78, 5) is 271. The Kier molecular flexibility index (Phi) is 17.5. The SMILES string of the molecule is O=C1CC(C2CC(=O)OC2=O)C(=O)O1.O=C1CN(CCN2CC(=O)OC(=O)C2)CC(=O)O1.O=C1OC(=O)C2C1C1C(=O)OC(=O)C21.O=C1OC(=O)C2CC3C(=O)OC(=O)C3CC12.O=C1OC(=O)c2cc(-c3ccc4c(c3)C(=O)OC4=O)ccc21.O=c1oc(=O)c2cc3c(=O)oc(=O)c3cc12. The molecular weight excluding hydrogens is 1350 g/mol. The predicted octanol–water partition coefficient (Wildman–Crippen LogP) is -3.56. The highest BCUT2D eigenvalue weighted by Crippen LogP contribution is 2.55. The van der Waals surface area contributed by atoms with E-state index in [-0.39, 0.29) is 95.7 Å². The molecule has 2 saturated carbocycles. The van der Waals surface area contributed by atoms with Crippen LogP contribution in [-0.2, 0) is 124 Å². The maximum Gasteiger partial charge on any atom is 0.346 e. The molecule has 0 spiro atoms. The quantitative estimate of drug-likeness (QED) is 0.0933. The van der Waals surface area contributed by atoms with Gasteiger partial charge in [0.1, 0.15) is 0 Å². The molecule has 3 aromatic carbocycles. The average molecular weight is 1390 g/mol. The predicted molar refractivity (Wildman–Crippen MR) is 300 cm³/mol. The van der Waals surface area contributed by atoms with E-state index in [0.29, 0.717) is 24.2 Å². The Hall–Kier alpha value is -12.7. The van der Waals surface area contributed by atoms with Gasteiger partial charge < -0.3 is 56.2 Å². The fraction of sp³-hybridized carbons (Fsp3) is 0.323. The first-order chi connectivity index (χ1) is 47.4. The van der Waals surface area contributed by atoms with Crippen molar-refractivity contribution in [2.45, 2.75) is 25.7 Å². The van der Waals surface area contributed by atoms with Crippen LogP contribution in [0.5, 0.6) is 0 Å². The first-order valence-corrected chi connectivity index (χ1v) is 29.4. The Morgan fingerprint density at radius 2 is 0.540 bits per heavy atom. The highest BCUT2D eigenvalue weighted by molar-refractivity contribution is 6.17. The number of hydrogen-bond donors (Lipinski definition) is 0. The first kappa shape index (κ1) is 67.2. The Labute approximate surface area is 549 Å². The van der Waals surface area contributed by atoms with Crippen molar-refractivity contribution < 1.29 is 152 Å². The van der Waals surface area contributed by atoms with Crippen LogP contribution in [0.3, 0.4) is 0 Å². The summed E-state index contributed by atoms with van der Waals surface area (Å²) in [7, 11) is 0. The molecule has 5 aromatic rings. The van der Waals surface area contributed by atoms with Crippen LogP contribution in [-0.4, -0.2) is 168 Å². The number of cyclic esters (lactones) is 20. The number of carbonyl (C=O) groups excluding carboxylic acids is 20. The number of hydrogen-bond acceptors (Lipinski definition) is 38. The third-order valence-corrected chi connectivity index (χ3v) is 17.6. The van der Waals surface area contributed by atoms with Crippen LogP contribution >= 0.6 is 0 Å². The zero-order valence-corrected chi connectivity index (χ0v) is 50.1. The van der Waals surface area contributed by atoms with Crippen molar-refractivity contribution in [3.05, 3.63) is 112 Å². The Balaban J connectivity index is 0.000000115. The first-order valence-electron chi connectivity index (χ1n) is 29.4. The van der Waals surface area contributed by atoms with Crippen LogP contribution in [0.25, 0.3) is 32.7 Å². The van der Waals surface area contributed by atoms with Crippen molar-refractivity contribution in [2.75, 3.05) is 39.3 Å². The molecule has 2 aliphatic carbocycles. The second-order valence-electron chi connectivity index (χ2n) is 23.5. The molecule has 0 amide bonds. The van der Waals surface area contributed by atoms with Crippen molar-refractivity contribution >= 4 is 141 Å². The summed E-state index contributed by atoms with van der Waals surface area (Å²) in [5.74, 6) is -20.2. The van der Waals surface area contributed by atoms with Crippen molar-refractivity contribution in [3.8, 4) is 11.1 Å². The van der Waals surface area contributed by atoms with E-state index in [4.69, 9.17) is 0 Å². The Morgan fingerprint density at radius 3 is 0.820 bits per heavy atom. The second-order valence-corrected chi connectivity index (χ2v) is 23.5. The molecule has 0 radical (unpaired) electrons. The normalized spacial score (nSPS) is 26.6. The van der Waals surface area contributed by atoms with Gasteiger partial charge in [-0.2, -0.15) is 0 Å². The molecule has 17 rings (SSSR count). The van der Waals surface area contributed by atoms with Gasteiger partial charge in [0.15, 0.2) is 0 Å². The van der Waals surface area contributed by atoms with E-state index in [1.165, 1.54) is 24.3 Å². The van der Waals surface area contributed by atoms with E-state index >= 15 is 0 Å². The minimum Gasteiger partial charge on any atom is -0.393 e. The summed E-state index contributed by atoms with van der Waals surface area (Å²) in [6.07, 6.45) is 0.0761. The van der Waals surface area contributed by atoms with Crippen molar-refractivity contribution in [2.24, 2.45) is 59.2 Å². The molecule has 6 unspecified atom stereocenters. The van der Waals surface area contributed by atoms with Crippen LogP contribution < -0.4 is 22.5 Å². The molecule has 0 N–H and O–H groups in total. The van der Waals surface area contributed by atoms with Gasteiger partial charge in [0.25, 0.3) is 0 Å². The lowest BCUT2D eigenvalue weighted by molar-refractivity contribution is -0.170. The fourth-order valence-electron chi connectivity index (χ4n) is 12.8.